The molecule has 0 saturated heterocycles. The van der Waals surface area contributed by atoms with E-state index < -0.39 is 0 Å². The zero-order valence-electron chi connectivity index (χ0n) is 9.34. The van der Waals surface area contributed by atoms with Crippen molar-refractivity contribution < 1.29 is 15.0 Å². The van der Waals surface area contributed by atoms with Gasteiger partial charge in [-0.05, 0) is 30.7 Å². The standard InChI is InChI=1S/C12H15NO3/c1-7-11(6-14)10-5-9(16)3-4-12(10)13(7)8(2)15/h3-5,7,11,14,16H,6H2,1-2H3. The van der Waals surface area contributed by atoms with Crippen molar-refractivity contribution in [2.75, 3.05) is 11.5 Å². The first-order chi connectivity index (χ1) is 7.56. The minimum atomic E-state index is -0.119. The van der Waals surface area contributed by atoms with Gasteiger partial charge in [0.25, 0.3) is 0 Å². The van der Waals surface area contributed by atoms with Crippen LogP contribution in [-0.2, 0) is 4.79 Å². The van der Waals surface area contributed by atoms with E-state index in [-0.39, 0.29) is 30.2 Å². The SMILES string of the molecule is CC(=O)N1c2ccc(O)cc2C(CO)C1C. The molecular weight excluding hydrogens is 206 g/mol. The largest absolute Gasteiger partial charge is 0.508 e. The highest BCUT2D eigenvalue weighted by Gasteiger charge is 2.37. The molecule has 1 heterocycles. The molecule has 86 valence electrons. The number of amides is 1. The first-order valence-corrected chi connectivity index (χ1v) is 5.30. The first-order valence-electron chi connectivity index (χ1n) is 5.30. The molecule has 4 heteroatoms. The smallest absolute Gasteiger partial charge is 0.224 e. The maximum Gasteiger partial charge on any atom is 0.224 e. The topological polar surface area (TPSA) is 60.8 Å². The lowest BCUT2D eigenvalue weighted by molar-refractivity contribution is -0.116. The average Bonchev–Trinajstić information content (AvgIpc) is 2.49. The second-order valence-electron chi connectivity index (χ2n) is 4.16. The molecule has 1 aromatic carbocycles. The van der Waals surface area contributed by atoms with E-state index in [0.29, 0.717) is 0 Å². The number of carbonyl (C=O) groups excluding carboxylic acids is 1. The minimum Gasteiger partial charge on any atom is -0.508 e. The van der Waals surface area contributed by atoms with Crippen molar-refractivity contribution in [1.29, 1.82) is 0 Å². The molecule has 0 radical (unpaired) electrons. The average molecular weight is 221 g/mol. The van der Waals surface area contributed by atoms with Crippen molar-refractivity contribution in [3.63, 3.8) is 0 Å². The van der Waals surface area contributed by atoms with Gasteiger partial charge in [0.15, 0.2) is 0 Å². The Morgan fingerprint density at radius 3 is 2.75 bits per heavy atom. The molecule has 0 fully saturated rings. The number of aromatic hydroxyl groups is 1. The summed E-state index contributed by atoms with van der Waals surface area (Å²) < 4.78 is 0. The third-order valence-corrected chi connectivity index (χ3v) is 3.20. The number of benzene rings is 1. The van der Waals surface area contributed by atoms with E-state index in [9.17, 15) is 15.0 Å². The summed E-state index contributed by atoms with van der Waals surface area (Å²) in [6, 6.07) is 4.83. The number of rotatable bonds is 1. The number of phenols is 1. The maximum absolute atomic E-state index is 11.5. The van der Waals surface area contributed by atoms with Gasteiger partial charge in [0.05, 0.1) is 6.61 Å². The lowest BCUT2D eigenvalue weighted by atomic mass is 9.97. The molecule has 0 saturated carbocycles. The molecule has 0 spiro atoms. The van der Waals surface area contributed by atoms with Crippen molar-refractivity contribution >= 4 is 11.6 Å². The van der Waals surface area contributed by atoms with Gasteiger partial charge < -0.3 is 15.1 Å². The Kier molecular flexibility index (Phi) is 2.59. The Balaban J connectivity index is 2.54. The van der Waals surface area contributed by atoms with Gasteiger partial charge in [0.1, 0.15) is 5.75 Å². The zero-order valence-corrected chi connectivity index (χ0v) is 9.34. The Bertz CT molecular complexity index is 430. The number of nitrogens with zero attached hydrogens (tertiary/aromatic N) is 1. The molecule has 0 bridgehead atoms. The third kappa shape index (κ3) is 1.46. The number of aliphatic hydroxyl groups is 1. The Morgan fingerprint density at radius 1 is 1.50 bits per heavy atom. The summed E-state index contributed by atoms with van der Waals surface area (Å²) in [6.07, 6.45) is 0. The van der Waals surface area contributed by atoms with Gasteiger partial charge >= 0.3 is 0 Å². The van der Waals surface area contributed by atoms with Crippen LogP contribution in [0.15, 0.2) is 18.2 Å². The Hall–Kier alpha value is -1.55. The summed E-state index contributed by atoms with van der Waals surface area (Å²) in [4.78, 5) is 13.2. The number of hydrogen-bond acceptors (Lipinski definition) is 3. The molecule has 4 nitrogen and oxygen atoms in total. The van der Waals surface area contributed by atoms with Gasteiger partial charge in [-0.25, -0.2) is 0 Å². The summed E-state index contributed by atoms with van der Waals surface area (Å²) in [6.45, 7) is 3.38. The molecule has 2 unspecified atom stereocenters. The number of hydrogen-bond donors (Lipinski definition) is 2. The fraction of sp³-hybridized carbons (Fsp3) is 0.417. The van der Waals surface area contributed by atoms with Crippen LogP contribution in [0, 0.1) is 0 Å². The van der Waals surface area contributed by atoms with Crippen molar-refractivity contribution in [3.8, 4) is 5.75 Å². The lowest BCUT2D eigenvalue weighted by Gasteiger charge is -2.23. The van der Waals surface area contributed by atoms with Crippen LogP contribution in [0.4, 0.5) is 5.69 Å². The van der Waals surface area contributed by atoms with E-state index >= 15 is 0 Å². The first kappa shape index (κ1) is 11.0. The summed E-state index contributed by atoms with van der Waals surface area (Å²) in [5.41, 5.74) is 1.63. The minimum absolute atomic E-state index is 0.0264. The fourth-order valence-corrected chi connectivity index (χ4v) is 2.42. The van der Waals surface area contributed by atoms with E-state index in [1.165, 1.54) is 6.92 Å². The van der Waals surface area contributed by atoms with Gasteiger partial charge in [-0.3, -0.25) is 4.79 Å². The predicted octanol–water partition coefficient (Wildman–Crippen LogP) is 1.22. The molecule has 1 aromatic rings. The Morgan fingerprint density at radius 2 is 2.19 bits per heavy atom. The van der Waals surface area contributed by atoms with Gasteiger partial charge in [0, 0.05) is 24.6 Å². The molecule has 2 N–H and O–H groups in total. The van der Waals surface area contributed by atoms with E-state index in [4.69, 9.17) is 0 Å². The number of aliphatic hydroxyl groups excluding tert-OH is 1. The Labute approximate surface area is 94.1 Å². The van der Waals surface area contributed by atoms with Crippen LogP contribution in [0.3, 0.4) is 0 Å². The number of fused-ring (bicyclic) bond motifs is 1. The second-order valence-corrected chi connectivity index (χ2v) is 4.16. The number of carbonyl (C=O) groups is 1. The maximum atomic E-state index is 11.5. The second kappa shape index (κ2) is 3.79. The summed E-state index contributed by atoms with van der Waals surface area (Å²) >= 11 is 0. The molecule has 2 atom stereocenters. The lowest BCUT2D eigenvalue weighted by Crippen LogP contribution is -2.36. The molecule has 16 heavy (non-hydrogen) atoms. The molecular formula is C12H15NO3. The summed E-state index contributed by atoms with van der Waals surface area (Å²) in [7, 11) is 0. The van der Waals surface area contributed by atoms with Gasteiger partial charge in [0.2, 0.25) is 5.91 Å². The van der Waals surface area contributed by atoms with E-state index in [2.05, 4.69) is 0 Å². The van der Waals surface area contributed by atoms with E-state index in [0.717, 1.165) is 11.3 Å². The number of anilines is 1. The normalized spacial score (nSPS) is 23.3. The summed E-state index contributed by atoms with van der Waals surface area (Å²) in [5.74, 6) is -0.00353. The monoisotopic (exact) mass is 221 g/mol. The number of phenolic OH excluding ortho intramolecular Hbond substituents is 1. The van der Waals surface area contributed by atoms with E-state index in [1.807, 2.05) is 6.92 Å². The van der Waals surface area contributed by atoms with Crippen molar-refractivity contribution in [3.05, 3.63) is 23.8 Å². The van der Waals surface area contributed by atoms with Crippen molar-refractivity contribution in [2.24, 2.45) is 0 Å². The van der Waals surface area contributed by atoms with Crippen LogP contribution in [0.5, 0.6) is 5.75 Å². The van der Waals surface area contributed by atoms with Gasteiger partial charge in [-0.2, -0.15) is 0 Å². The summed E-state index contributed by atoms with van der Waals surface area (Å²) in [5, 5.41) is 18.8. The van der Waals surface area contributed by atoms with Crippen LogP contribution >= 0.6 is 0 Å². The molecule has 0 aromatic heterocycles. The molecule has 1 aliphatic rings. The van der Waals surface area contributed by atoms with Crippen molar-refractivity contribution in [1.82, 2.24) is 0 Å². The molecule has 1 amide bonds. The van der Waals surface area contributed by atoms with Crippen LogP contribution in [0.25, 0.3) is 0 Å². The van der Waals surface area contributed by atoms with Crippen LogP contribution in [0.2, 0.25) is 0 Å². The van der Waals surface area contributed by atoms with Gasteiger partial charge in [-0.15, -0.1) is 0 Å². The highest BCUT2D eigenvalue weighted by atomic mass is 16.3. The highest BCUT2D eigenvalue weighted by Crippen LogP contribution is 2.42. The van der Waals surface area contributed by atoms with Gasteiger partial charge in [-0.1, -0.05) is 0 Å². The predicted molar refractivity (Wildman–Crippen MR) is 60.6 cm³/mol. The van der Waals surface area contributed by atoms with Crippen LogP contribution in [-0.4, -0.2) is 28.8 Å². The van der Waals surface area contributed by atoms with Crippen LogP contribution in [0.1, 0.15) is 25.3 Å². The fourth-order valence-electron chi connectivity index (χ4n) is 2.42. The quantitative estimate of drug-likeness (QED) is 0.749. The molecule has 2 rings (SSSR count). The third-order valence-electron chi connectivity index (χ3n) is 3.20. The zero-order chi connectivity index (χ0) is 11.9. The van der Waals surface area contributed by atoms with E-state index in [1.54, 1.807) is 23.1 Å². The highest BCUT2D eigenvalue weighted by molar-refractivity contribution is 5.95. The van der Waals surface area contributed by atoms with Crippen LogP contribution < -0.4 is 4.90 Å². The van der Waals surface area contributed by atoms with Crippen molar-refractivity contribution in [2.45, 2.75) is 25.8 Å². The molecule has 1 aliphatic heterocycles. The molecule has 0 aliphatic carbocycles.